The van der Waals surface area contributed by atoms with Gasteiger partial charge >= 0.3 is 0 Å². The summed E-state index contributed by atoms with van der Waals surface area (Å²) in [5.41, 5.74) is 1.22. The zero-order valence-electron chi connectivity index (χ0n) is 19.4. The van der Waals surface area contributed by atoms with Gasteiger partial charge in [0.1, 0.15) is 0 Å². The molecule has 9 nitrogen and oxygen atoms in total. The van der Waals surface area contributed by atoms with Gasteiger partial charge in [0.15, 0.2) is 9.84 Å². The maximum atomic E-state index is 13.6. The van der Waals surface area contributed by atoms with Gasteiger partial charge in [-0.3, -0.25) is 9.69 Å². The van der Waals surface area contributed by atoms with Crippen molar-refractivity contribution in [3.05, 3.63) is 23.8 Å². The first-order valence-electron chi connectivity index (χ1n) is 11.6. The molecule has 0 unspecified atom stereocenters. The number of hydrogen-bond acceptors (Lipinski definition) is 7. The number of piperazine rings is 1. The van der Waals surface area contributed by atoms with E-state index < -0.39 is 19.9 Å². The Balaban J connectivity index is 1.56. The molecule has 33 heavy (non-hydrogen) atoms. The Morgan fingerprint density at radius 3 is 2.24 bits per heavy atom. The number of benzene rings is 1. The number of nitrogens with zero attached hydrogens (tertiary/aromatic N) is 4. The number of amides is 1. The number of anilines is 1. The molecule has 3 aliphatic rings. The average molecular weight is 499 g/mol. The van der Waals surface area contributed by atoms with Crippen LogP contribution in [0.1, 0.15) is 36.0 Å². The van der Waals surface area contributed by atoms with E-state index in [4.69, 9.17) is 0 Å². The summed E-state index contributed by atoms with van der Waals surface area (Å²) in [5.74, 6) is 0.276. The molecule has 1 aromatic rings. The Hall–Kier alpha value is -1.69. The summed E-state index contributed by atoms with van der Waals surface area (Å²) in [4.78, 5) is 19.9. The lowest BCUT2D eigenvalue weighted by atomic mass is 10.1. The van der Waals surface area contributed by atoms with Crippen molar-refractivity contribution >= 4 is 31.5 Å². The first kappa shape index (κ1) is 24.4. The molecule has 0 saturated carbocycles. The Morgan fingerprint density at radius 2 is 1.67 bits per heavy atom. The normalized spacial score (nSPS) is 24.4. The van der Waals surface area contributed by atoms with Gasteiger partial charge in [-0.25, -0.2) is 21.1 Å². The highest BCUT2D eigenvalue weighted by Gasteiger charge is 2.35. The highest BCUT2D eigenvalue weighted by Crippen LogP contribution is 2.29. The summed E-state index contributed by atoms with van der Waals surface area (Å²) in [7, 11) is -3.65. The van der Waals surface area contributed by atoms with Crippen molar-refractivity contribution in [1.82, 2.24) is 14.1 Å². The molecule has 0 radical (unpaired) electrons. The fourth-order valence-electron chi connectivity index (χ4n) is 4.99. The second-order valence-electron chi connectivity index (χ2n) is 9.40. The molecule has 11 heteroatoms. The SMILES string of the molecule is CN(C)S(=O)(=O)c1ccc(N2CCCCC2)c(C(=O)N2CCN([C@H]3CCS(=O)(=O)C3)CC2)c1. The summed E-state index contributed by atoms with van der Waals surface area (Å²) in [6.07, 6.45) is 3.91. The Labute approximate surface area is 197 Å². The molecule has 1 aromatic carbocycles. The fourth-order valence-corrected chi connectivity index (χ4v) is 7.68. The summed E-state index contributed by atoms with van der Waals surface area (Å²) in [6.45, 7) is 3.95. The summed E-state index contributed by atoms with van der Waals surface area (Å²) in [5, 5.41) is 0. The molecular formula is C22H34N4O5S2. The lowest BCUT2D eigenvalue weighted by molar-refractivity contribution is 0.0588. The minimum Gasteiger partial charge on any atom is -0.371 e. The maximum Gasteiger partial charge on any atom is 0.256 e. The van der Waals surface area contributed by atoms with Gasteiger partial charge in [-0.1, -0.05) is 0 Å². The maximum absolute atomic E-state index is 13.6. The van der Waals surface area contributed by atoms with Gasteiger partial charge in [0, 0.05) is 65.1 Å². The minimum atomic E-state index is -3.66. The molecule has 0 spiro atoms. The first-order chi connectivity index (χ1) is 15.6. The zero-order valence-corrected chi connectivity index (χ0v) is 21.1. The van der Waals surface area contributed by atoms with Crippen LogP contribution in [0.2, 0.25) is 0 Å². The number of carbonyl (C=O) groups is 1. The summed E-state index contributed by atoms with van der Waals surface area (Å²) in [6, 6.07) is 4.92. The monoisotopic (exact) mass is 498 g/mol. The Kier molecular flexibility index (Phi) is 7.05. The standard InChI is InChI=1S/C22H34N4O5S2/c1-23(2)33(30,31)19-6-7-21(25-9-4-3-5-10-25)20(16-19)22(27)26-13-11-24(12-14-26)18-8-15-32(28,29)17-18/h6-7,16,18H,3-5,8-15,17H2,1-2H3/t18-/m0/s1. The third-order valence-electron chi connectivity index (χ3n) is 7.00. The van der Waals surface area contributed by atoms with Crippen LogP contribution in [0.4, 0.5) is 5.69 Å². The first-order valence-corrected chi connectivity index (χ1v) is 14.9. The second kappa shape index (κ2) is 9.52. The van der Waals surface area contributed by atoms with Crippen LogP contribution in [0.5, 0.6) is 0 Å². The van der Waals surface area contributed by atoms with E-state index in [2.05, 4.69) is 9.80 Å². The van der Waals surface area contributed by atoms with E-state index in [0.29, 0.717) is 38.2 Å². The molecule has 3 heterocycles. The van der Waals surface area contributed by atoms with Gasteiger partial charge in [-0.2, -0.15) is 0 Å². The largest absolute Gasteiger partial charge is 0.371 e. The lowest BCUT2D eigenvalue weighted by Crippen LogP contribution is -2.52. The van der Waals surface area contributed by atoms with Gasteiger partial charge in [0.2, 0.25) is 10.0 Å². The Bertz CT molecular complexity index is 1090. The van der Waals surface area contributed by atoms with Crippen molar-refractivity contribution in [1.29, 1.82) is 0 Å². The van der Waals surface area contributed by atoms with Crippen molar-refractivity contribution < 1.29 is 21.6 Å². The molecule has 1 amide bonds. The molecule has 3 fully saturated rings. The van der Waals surface area contributed by atoms with Crippen molar-refractivity contribution in [2.45, 2.75) is 36.6 Å². The van der Waals surface area contributed by atoms with E-state index in [1.165, 1.54) is 20.2 Å². The van der Waals surface area contributed by atoms with E-state index in [9.17, 15) is 21.6 Å². The quantitative estimate of drug-likeness (QED) is 0.594. The third kappa shape index (κ3) is 5.21. The molecule has 3 saturated heterocycles. The van der Waals surface area contributed by atoms with Gasteiger partial charge in [0.25, 0.3) is 5.91 Å². The van der Waals surface area contributed by atoms with E-state index in [0.717, 1.165) is 42.3 Å². The summed E-state index contributed by atoms with van der Waals surface area (Å²) < 4.78 is 50.3. The van der Waals surface area contributed by atoms with E-state index in [-0.39, 0.29) is 28.4 Å². The smallest absolute Gasteiger partial charge is 0.256 e. The van der Waals surface area contributed by atoms with Crippen molar-refractivity contribution in [2.75, 3.05) is 69.8 Å². The van der Waals surface area contributed by atoms with Crippen molar-refractivity contribution in [3.63, 3.8) is 0 Å². The van der Waals surface area contributed by atoms with Gasteiger partial charge in [-0.15, -0.1) is 0 Å². The number of rotatable bonds is 5. The molecule has 184 valence electrons. The van der Waals surface area contributed by atoms with Crippen LogP contribution in [0, 0.1) is 0 Å². The third-order valence-corrected chi connectivity index (χ3v) is 10.6. The van der Waals surface area contributed by atoms with Crippen molar-refractivity contribution in [2.24, 2.45) is 0 Å². The Morgan fingerprint density at radius 1 is 1.00 bits per heavy atom. The topological polar surface area (TPSA) is 98.3 Å². The highest BCUT2D eigenvalue weighted by atomic mass is 32.2. The lowest BCUT2D eigenvalue weighted by Gasteiger charge is -2.38. The van der Waals surface area contributed by atoms with Crippen LogP contribution in [0.3, 0.4) is 0 Å². The number of carbonyl (C=O) groups excluding carboxylic acids is 1. The molecule has 0 N–H and O–H groups in total. The molecule has 4 rings (SSSR count). The zero-order chi connectivity index (χ0) is 23.8. The van der Waals surface area contributed by atoms with E-state index in [1.54, 1.807) is 17.0 Å². The molecule has 3 aliphatic heterocycles. The molecular weight excluding hydrogens is 464 g/mol. The van der Waals surface area contributed by atoms with Crippen LogP contribution in [0.25, 0.3) is 0 Å². The van der Waals surface area contributed by atoms with Crippen LogP contribution in [-0.2, 0) is 19.9 Å². The highest BCUT2D eigenvalue weighted by molar-refractivity contribution is 7.91. The van der Waals surface area contributed by atoms with Gasteiger partial charge in [0.05, 0.1) is 22.0 Å². The van der Waals surface area contributed by atoms with Crippen LogP contribution < -0.4 is 4.90 Å². The van der Waals surface area contributed by atoms with Crippen LogP contribution >= 0.6 is 0 Å². The van der Waals surface area contributed by atoms with E-state index in [1.807, 2.05) is 0 Å². The predicted octanol–water partition coefficient (Wildman–Crippen LogP) is 0.872. The predicted molar refractivity (Wildman–Crippen MR) is 128 cm³/mol. The molecule has 0 aromatic heterocycles. The minimum absolute atomic E-state index is 0.0322. The number of piperidine rings is 1. The summed E-state index contributed by atoms with van der Waals surface area (Å²) >= 11 is 0. The second-order valence-corrected chi connectivity index (χ2v) is 13.8. The number of sulfone groups is 1. The molecule has 1 atom stereocenters. The van der Waals surface area contributed by atoms with Gasteiger partial charge < -0.3 is 9.80 Å². The van der Waals surface area contributed by atoms with Gasteiger partial charge in [-0.05, 0) is 43.9 Å². The van der Waals surface area contributed by atoms with Crippen LogP contribution in [-0.4, -0.2) is 108 Å². The number of sulfonamides is 1. The van der Waals surface area contributed by atoms with Crippen LogP contribution in [0.15, 0.2) is 23.1 Å². The molecule has 0 bridgehead atoms. The van der Waals surface area contributed by atoms with E-state index >= 15 is 0 Å². The molecule has 0 aliphatic carbocycles. The number of hydrogen-bond donors (Lipinski definition) is 0. The fraction of sp³-hybridized carbons (Fsp3) is 0.682. The van der Waals surface area contributed by atoms with Crippen molar-refractivity contribution in [3.8, 4) is 0 Å². The average Bonchev–Trinajstić information content (AvgIpc) is 3.18.